The molecule has 0 aliphatic carbocycles. The van der Waals surface area contributed by atoms with Gasteiger partial charge in [0.05, 0.1) is 5.69 Å². The van der Waals surface area contributed by atoms with E-state index < -0.39 is 12.0 Å². The molecule has 2 heterocycles. The van der Waals surface area contributed by atoms with Gasteiger partial charge in [0.15, 0.2) is 0 Å². The molecule has 0 bridgehead atoms. The van der Waals surface area contributed by atoms with E-state index in [1.807, 2.05) is 35.2 Å². The lowest BCUT2D eigenvalue weighted by Gasteiger charge is -2.09. The van der Waals surface area contributed by atoms with Crippen molar-refractivity contribution in [3.63, 3.8) is 0 Å². The molecule has 1 unspecified atom stereocenters. The maximum Gasteiger partial charge on any atom is 0.325 e. The van der Waals surface area contributed by atoms with Crippen molar-refractivity contribution in [3.8, 4) is 5.69 Å². The number of carboxylic acid groups (broad SMARTS) is 1. The van der Waals surface area contributed by atoms with Crippen molar-refractivity contribution in [3.05, 3.63) is 40.8 Å². The number of carbonyl (C=O) groups is 2. The SMILES string of the molecule is CC(NC(=O)c1sccc1-n1cccc1)C(=O)O. The minimum atomic E-state index is -1.05. The molecule has 0 fully saturated rings. The second-order valence-electron chi connectivity index (χ2n) is 3.76. The Bertz CT molecular complexity index is 560. The third-order valence-corrected chi connectivity index (χ3v) is 3.35. The molecule has 0 aliphatic rings. The van der Waals surface area contributed by atoms with Crippen molar-refractivity contribution < 1.29 is 14.7 Å². The van der Waals surface area contributed by atoms with E-state index in [2.05, 4.69) is 5.32 Å². The van der Waals surface area contributed by atoms with Gasteiger partial charge in [-0.15, -0.1) is 11.3 Å². The van der Waals surface area contributed by atoms with Crippen LogP contribution in [-0.4, -0.2) is 27.6 Å². The largest absolute Gasteiger partial charge is 0.480 e. The van der Waals surface area contributed by atoms with E-state index in [1.54, 1.807) is 5.38 Å². The Balaban J connectivity index is 2.22. The number of hydrogen-bond donors (Lipinski definition) is 2. The molecule has 0 saturated heterocycles. The van der Waals surface area contributed by atoms with Crippen LogP contribution in [0.4, 0.5) is 0 Å². The van der Waals surface area contributed by atoms with Crippen LogP contribution >= 0.6 is 11.3 Å². The Morgan fingerprint density at radius 3 is 2.67 bits per heavy atom. The Morgan fingerprint density at radius 2 is 2.06 bits per heavy atom. The van der Waals surface area contributed by atoms with Crippen LogP contribution < -0.4 is 5.32 Å². The van der Waals surface area contributed by atoms with Crippen LogP contribution in [0.25, 0.3) is 5.69 Å². The van der Waals surface area contributed by atoms with Gasteiger partial charge in [0.1, 0.15) is 10.9 Å². The molecule has 5 nitrogen and oxygen atoms in total. The summed E-state index contributed by atoms with van der Waals surface area (Å²) in [6.45, 7) is 1.43. The Hall–Kier alpha value is -2.08. The van der Waals surface area contributed by atoms with E-state index in [0.29, 0.717) is 4.88 Å². The number of thiophene rings is 1. The monoisotopic (exact) mass is 264 g/mol. The molecule has 2 rings (SSSR count). The van der Waals surface area contributed by atoms with Crippen LogP contribution in [-0.2, 0) is 4.79 Å². The second-order valence-corrected chi connectivity index (χ2v) is 4.67. The van der Waals surface area contributed by atoms with E-state index in [-0.39, 0.29) is 5.91 Å². The van der Waals surface area contributed by atoms with Gasteiger partial charge in [-0.3, -0.25) is 9.59 Å². The average Bonchev–Trinajstić information content (AvgIpc) is 2.99. The number of nitrogens with one attached hydrogen (secondary N) is 1. The zero-order chi connectivity index (χ0) is 13.1. The molecule has 0 radical (unpaired) electrons. The summed E-state index contributed by atoms with van der Waals surface area (Å²) in [7, 11) is 0. The number of rotatable bonds is 4. The van der Waals surface area contributed by atoms with Gasteiger partial charge in [0.25, 0.3) is 5.91 Å². The fourth-order valence-corrected chi connectivity index (χ4v) is 2.29. The molecule has 6 heteroatoms. The molecule has 2 aromatic rings. The molecule has 0 aliphatic heterocycles. The molecule has 1 amide bonds. The summed E-state index contributed by atoms with van der Waals surface area (Å²) in [5.74, 6) is -1.42. The molecular formula is C12H12N2O3S. The Kier molecular flexibility index (Phi) is 3.47. The topological polar surface area (TPSA) is 71.3 Å². The van der Waals surface area contributed by atoms with Crippen molar-refractivity contribution in [1.82, 2.24) is 9.88 Å². The summed E-state index contributed by atoms with van der Waals surface area (Å²) >= 11 is 1.28. The third kappa shape index (κ3) is 2.43. The van der Waals surface area contributed by atoms with Crippen LogP contribution in [0.2, 0.25) is 0 Å². The van der Waals surface area contributed by atoms with Crippen LogP contribution in [0.15, 0.2) is 36.0 Å². The van der Waals surface area contributed by atoms with E-state index >= 15 is 0 Å². The minimum Gasteiger partial charge on any atom is -0.480 e. The zero-order valence-electron chi connectivity index (χ0n) is 9.66. The Labute approximate surface area is 108 Å². The van der Waals surface area contributed by atoms with Gasteiger partial charge in [-0.2, -0.15) is 0 Å². The highest BCUT2D eigenvalue weighted by atomic mass is 32.1. The molecule has 2 N–H and O–H groups in total. The van der Waals surface area contributed by atoms with Crippen molar-refractivity contribution in [2.24, 2.45) is 0 Å². The maximum atomic E-state index is 12.0. The summed E-state index contributed by atoms with van der Waals surface area (Å²) in [6.07, 6.45) is 3.67. The summed E-state index contributed by atoms with van der Waals surface area (Å²) in [6, 6.07) is 4.64. The van der Waals surface area contributed by atoms with Gasteiger partial charge in [-0.1, -0.05) is 0 Å². The first-order valence-corrected chi connectivity index (χ1v) is 6.22. The van der Waals surface area contributed by atoms with Gasteiger partial charge in [0.2, 0.25) is 0 Å². The highest BCUT2D eigenvalue weighted by Gasteiger charge is 2.19. The molecule has 2 aromatic heterocycles. The first kappa shape index (κ1) is 12.4. The second kappa shape index (κ2) is 5.05. The molecule has 0 spiro atoms. The number of aliphatic carboxylic acids is 1. The van der Waals surface area contributed by atoms with Crippen molar-refractivity contribution >= 4 is 23.2 Å². The van der Waals surface area contributed by atoms with E-state index in [0.717, 1.165) is 5.69 Å². The van der Waals surface area contributed by atoms with Crippen LogP contribution in [0, 0.1) is 0 Å². The summed E-state index contributed by atoms with van der Waals surface area (Å²) < 4.78 is 1.82. The van der Waals surface area contributed by atoms with Crippen LogP contribution in [0.3, 0.4) is 0 Å². The molecular weight excluding hydrogens is 252 g/mol. The van der Waals surface area contributed by atoms with Crippen LogP contribution in [0.5, 0.6) is 0 Å². The Morgan fingerprint density at radius 1 is 1.39 bits per heavy atom. The molecule has 1 atom stereocenters. The lowest BCUT2D eigenvalue weighted by molar-refractivity contribution is -0.138. The summed E-state index contributed by atoms with van der Waals surface area (Å²) in [4.78, 5) is 23.2. The van der Waals surface area contributed by atoms with E-state index in [9.17, 15) is 9.59 Å². The fraction of sp³-hybridized carbons (Fsp3) is 0.167. The van der Waals surface area contributed by atoms with Gasteiger partial charge < -0.3 is 15.0 Å². The van der Waals surface area contributed by atoms with Gasteiger partial charge >= 0.3 is 5.97 Å². The molecule has 0 aromatic carbocycles. The zero-order valence-corrected chi connectivity index (χ0v) is 10.5. The first-order valence-electron chi connectivity index (χ1n) is 5.34. The number of carbonyl (C=O) groups excluding carboxylic acids is 1. The lowest BCUT2D eigenvalue weighted by atomic mass is 10.3. The van der Waals surface area contributed by atoms with Crippen molar-refractivity contribution in [2.75, 3.05) is 0 Å². The number of carboxylic acids is 1. The summed E-state index contributed by atoms with van der Waals surface area (Å²) in [5, 5.41) is 13.0. The van der Waals surface area contributed by atoms with Gasteiger partial charge in [0, 0.05) is 12.4 Å². The highest BCUT2D eigenvalue weighted by molar-refractivity contribution is 7.12. The lowest BCUT2D eigenvalue weighted by Crippen LogP contribution is -2.38. The first-order chi connectivity index (χ1) is 8.59. The molecule has 0 saturated carbocycles. The average molecular weight is 264 g/mol. The maximum absolute atomic E-state index is 12.0. The number of nitrogens with zero attached hydrogens (tertiary/aromatic N) is 1. The smallest absolute Gasteiger partial charge is 0.325 e. The number of hydrogen-bond acceptors (Lipinski definition) is 3. The minimum absolute atomic E-state index is 0.372. The van der Waals surface area contributed by atoms with E-state index in [4.69, 9.17) is 5.11 Å². The molecule has 94 valence electrons. The summed E-state index contributed by atoms with van der Waals surface area (Å²) in [5.41, 5.74) is 0.750. The quantitative estimate of drug-likeness (QED) is 0.883. The number of amides is 1. The third-order valence-electron chi connectivity index (χ3n) is 2.45. The van der Waals surface area contributed by atoms with E-state index in [1.165, 1.54) is 18.3 Å². The predicted molar refractivity (Wildman–Crippen MR) is 68.2 cm³/mol. The normalized spacial score (nSPS) is 12.1. The predicted octanol–water partition coefficient (Wildman–Crippen LogP) is 1.74. The van der Waals surface area contributed by atoms with Crippen molar-refractivity contribution in [1.29, 1.82) is 0 Å². The van der Waals surface area contributed by atoms with Gasteiger partial charge in [-0.25, -0.2) is 0 Å². The van der Waals surface area contributed by atoms with Crippen LogP contribution in [0.1, 0.15) is 16.6 Å². The van der Waals surface area contributed by atoms with Crippen molar-refractivity contribution in [2.45, 2.75) is 13.0 Å². The van der Waals surface area contributed by atoms with Gasteiger partial charge in [-0.05, 0) is 30.5 Å². The standard InChI is InChI=1S/C12H12N2O3S/c1-8(12(16)17)13-11(15)10-9(4-7-18-10)14-5-2-3-6-14/h2-8H,1H3,(H,13,15)(H,16,17). The molecule has 18 heavy (non-hydrogen) atoms. The number of aromatic nitrogens is 1. The highest BCUT2D eigenvalue weighted by Crippen LogP contribution is 2.21. The fourth-order valence-electron chi connectivity index (χ4n) is 1.49.